The van der Waals surface area contributed by atoms with Gasteiger partial charge in [0.15, 0.2) is 0 Å². The molecule has 1 aromatic rings. The van der Waals surface area contributed by atoms with Gasteiger partial charge < -0.3 is 10.4 Å². The molecule has 0 aliphatic heterocycles. The molecule has 0 amide bonds. The Hall–Kier alpha value is -1.07. The predicted molar refractivity (Wildman–Crippen MR) is 75.7 cm³/mol. The Balaban J connectivity index is 1.85. The molecule has 2 atom stereocenters. The van der Waals surface area contributed by atoms with E-state index in [1.807, 2.05) is 0 Å². The van der Waals surface area contributed by atoms with Crippen molar-refractivity contribution in [1.29, 1.82) is 0 Å². The van der Waals surface area contributed by atoms with E-state index >= 15 is 0 Å². The highest BCUT2D eigenvalue weighted by Gasteiger charge is 2.30. The first-order chi connectivity index (χ1) is 10.0. The smallest absolute Gasteiger partial charge is 0.396 e. The number of benzene rings is 1. The Morgan fingerprint density at radius 1 is 1.14 bits per heavy atom. The molecule has 2 nitrogen and oxygen atoms in total. The largest absolute Gasteiger partial charge is 0.416 e. The molecule has 0 aromatic heterocycles. The summed E-state index contributed by atoms with van der Waals surface area (Å²) in [6.45, 7) is 1.38. The molecule has 0 spiro atoms. The first kappa shape index (κ1) is 16.3. The molecule has 21 heavy (non-hydrogen) atoms. The van der Waals surface area contributed by atoms with Crippen LogP contribution >= 0.6 is 0 Å². The van der Waals surface area contributed by atoms with Crippen molar-refractivity contribution in [2.45, 2.75) is 38.4 Å². The van der Waals surface area contributed by atoms with Crippen molar-refractivity contribution in [3.63, 3.8) is 0 Å². The summed E-state index contributed by atoms with van der Waals surface area (Å²) in [5, 5.41) is 12.6. The van der Waals surface area contributed by atoms with Crippen molar-refractivity contribution in [2.24, 2.45) is 11.8 Å². The second-order valence-electron chi connectivity index (χ2n) is 5.82. The zero-order valence-corrected chi connectivity index (χ0v) is 12.0. The van der Waals surface area contributed by atoms with E-state index in [2.05, 4.69) is 5.32 Å². The second kappa shape index (κ2) is 7.27. The van der Waals surface area contributed by atoms with Crippen LogP contribution in [0.5, 0.6) is 0 Å². The number of hydrogen-bond donors (Lipinski definition) is 2. The molecule has 1 aliphatic rings. The molecule has 0 radical (unpaired) electrons. The number of aliphatic hydroxyl groups is 1. The van der Waals surface area contributed by atoms with Crippen LogP contribution < -0.4 is 5.32 Å². The van der Waals surface area contributed by atoms with Crippen LogP contribution in [-0.2, 0) is 12.7 Å². The topological polar surface area (TPSA) is 32.3 Å². The van der Waals surface area contributed by atoms with Crippen LogP contribution in [-0.4, -0.2) is 18.3 Å². The summed E-state index contributed by atoms with van der Waals surface area (Å²) < 4.78 is 37.9. The molecule has 0 bridgehead atoms. The standard InChI is InChI=1S/C16H22F3NO/c17-16(18,19)15-7-3-4-12(8-15)9-20-10-13-5-1-2-6-14(13)11-21/h3-4,7-8,13-14,20-21H,1-2,5-6,9-11H2. The maximum atomic E-state index is 12.6. The van der Waals surface area contributed by atoms with Crippen molar-refractivity contribution >= 4 is 0 Å². The molecule has 2 unspecified atom stereocenters. The normalized spacial score (nSPS) is 23.2. The number of nitrogens with one attached hydrogen (secondary N) is 1. The lowest BCUT2D eigenvalue weighted by atomic mass is 9.79. The number of halogens is 3. The van der Waals surface area contributed by atoms with Gasteiger partial charge in [0.1, 0.15) is 0 Å². The Bertz CT molecular complexity index is 447. The molecular weight excluding hydrogens is 279 g/mol. The molecule has 2 N–H and O–H groups in total. The van der Waals surface area contributed by atoms with Crippen LogP contribution in [0.4, 0.5) is 13.2 Å². The molecule has 5 heteroatoms. The van der Waals surface area contributed by atoms with E-state index in [1.165, 1.54) is 18.6 Å². The van der Waals surface area contributed by atoms with E-state index in [4.69, 9.17) is 0 Å². The van der Waals surface area contributed by atoms with E-state index in [-0.39, 0.29) is 6.61 Å². The van der Waals surface area contributed by atoms with Crippen molar-refractivity contribution < 1.29 is 18.3 Å². The third-order valence-corrected chi connectivity index (χ3v) is 4.29. The van der Waals surface area contributed by atoms with E-state index in [1.54, 1.807) is 6.07 Å². The SMILES string of the molecule is OCC1CCCCC1CNCc1cccc(C(F)(F)F)c1. The fourth-order valence-corrected chi connectivity index (χ4v) is 3.05. The number of rotatable bonds is 5. The van der Waals surface area contributed by atoms with Crippen LogP contribution in [0.15, 0.2) is 24.3 Å². The van der Waals surface area contributed by atoms with Crippen molar-refractivity contribution in [2.75, 3.05) is 13.2 Å². The van der Waals surface area contributed by atoms with Gasteiger partial charge in [-0.2, -0.15) is 13.2 Å². The van der Waals surface area contributed by atoms with Gasteiger partial charge in [0, 0.05) is 13.2 Å². The molecule has 0 heterocycles. The van der Waals surface area contributed by atoms with Gasteiger partial charge in [-0.05, 0) is 42.9 Å². The lowest BCUT2D eigenvalue weighted by molar-refractivity contribution is -0.137. The summed E-state index contributed by atoms with van der Waals surface area (Å²) in [6.07, 6.45) is 0.177. The van der Waals surface area contributed by atoms with Gasteiger partial charge in [-0.25, -0.2) is 0 Å². The molecule has 118 valence electrons. The average Bonchev–Trinajstić information content (AvgIpc) is 2.47. The Morgan fingerprint density at radius 3 is 2.52 bits per heavy atom. The fourth-order valence-electron chi connectivity index (χ4n) is 3.05. The second-order valence-corrected chi connectivity index (χ2v) is 5.82. The molecule has 1 aliphatic carbocycles. The third-order valence-electron chi connectivity index (χ3n) is 4.29. The zero-order valence-electron chi connectivity index (χ0n) is 12.0. The predicted octanol–water partition coefficient (Wildman–Crippen LogP) is 3.59. The fraction of sp³-hybridized carbons (Fsp3) is 0.625. The highest BCUT2D eigenvalue weighted by molar-refractivity contribution is 5.25. The maximum absolute atomic E-state index is 12.6. The summed E-state index contributed by atoms with van der Waals surface area (Å²) in [7, 11) is 0. The number of aliphatic hydroxyl groups excluding tert-OH is 1. The highest BCUT2D eigenvalue weighted by Crippen LogP contribution is 2.30. The van der Waals surface area contributed by atoms with Gasteiger partial charge in [0.05, 0.1) is 5.56 Å². The molecule has 1 saturated carbocycles. The van der Waals surface area contributed by atoms with E-state index in [0.29, 0.717) is 23.9 Å². The number of alkyl halides is 3. The zero-order chi connectivity index (χ0) is 15.3. The first-order valence-corrected chi connectivity index (χ1v) is 7.48. The Labute approximate surface area is 123 Å². The molecular formula is C16H22F3NO. The quantitative estimate of drug-likeness (QED) is 0.871. The summed E-state index contributed by atoms with van der Waals surface area (Å²) >= 11 is 0. The first-order valence-electron chi connectivity index (χ1n) is 7.48. The minimum atomic E-state index is -4.29. The van der Waals surface area contributed by atoms with Crippen LogP contribution in [0.2, 0.25) is 0 Å². The lowest BCUT2D eigenvalue weighted by Crippen LogP contribution is -2.32. The molecule has 0 saturated heterocycles. The van der Waals surface area contributed by atoms with Gasteiger partial charge >= 0.3 is 6.18 Å². The van der Waals surface area contributed by atoms with E-state index < -0.39 is 11.7 Å². The Morgan fingerprint density at radius 2 is 1.86 bits per heavy atom. The minimum absolute atomic E-state index is 0.204. The van der Waals surface area contributed by atoms with Gasteiger partial charge in [0.2, 0.25) is 0 Å². The van der Waals surface area contributed by atoms with Gasteiger partial charge in [-0.3, -0.25) is 0 Å². The molecule has 2 rings (SSSR count). The maximum Gasteiger partial charge on any atom is 0.416 e. The van der Waals surface area contributed by atoms with Crippen LogP contribution in [0.1, 0.15) is 36.8 Å². The average molecular weight is 301 g/mol. The Kier molecular flexibility index (Phi) is 5.65. The highest BCUT2D eigenvalue weighted by atomic mass is 19.4. The summed E-state index contributed by atoms with van der Waals surface area (Å²) in [5.74, 6) is 0.752. The van der Waals surface area contributed by atoms with Gasteiger partial charge in [0.25, 0.3) is 0 Å². The van der Waals surface area contributed by atoms with Gasteiger partial charge in [-0.1, -0.05) is 31.0 Å². The van der Waals surface area contributed by atoms with E-state index in [9.17, 15) is 18.3 Å². The van der Waals surface area contributed by atoms with Crippen LogP contribution in [0, 0.1) is 11.8 Å². The third kappa shape index (κ3) is 4.71. The molecule has 1 aromatic carbocycles. The van der Waals surface area contributed by atoms with Crippen molar-refractivity contribution in [3.8, 4) is 0 Å². The van der Waals surface area contributed by atoms with Crippen molar-refractivity contribution in [3.05, 3.63) is 35.4 Å². The molecule has 1 fully saturated rings. The summed E-state index contributed by atoms with van der Waals surface area (Å²) in [5.41, 5.74) is 0.0360. The number of hydrogen-bond acceptors (Lipinski definition) is 2. The lowest BCUT2D eigenvalue weighted by Gasteiger charge is -2.30. The minimum Gasteiger partial charge on any atom is -0.396 e. The summed E-state index contributed by atoms with van der Waals surface area (Å²) in [6, 6.07) is 5.42. The van der Waals surface area contributed by atoms with E-state index in [0.717, 1.165) is 31.9 Å². The van der Waals surface area contributed by atoms with Crippen molar-refractivity contribution in [1.82, 2.24) is 5.32 Å². The van der Waals surface area contributed by atoms with Crippen LogP contribution in [0.3, 0.4) is 0 Å². The van der Waals surface area contributed by atoms with Gasteiger partial charge in [-0.15, -0.1) is 0 Å². The summed E-state index contributed by atoms with van der Waals surface area (Å²) in [4.78, 5) is 0. The van der Waals surface area contributed by atoms with Crippen LogP contribution in [0.25, 0.3) is 0 Å². The monoisotopic (exact) mass is 301 g/mol.